The van der Waals surface area contributed by atoms with E-state index in [0.717, 1.165) is 26.2 Å². The minimum atomic E-state index is -0.613. The monoisotopic (exact) mass is 398 g/mol. The summed E-state index contributed by atoms with van der Waals surface area (Å²) in [5, 5.41) is 2.64. The van der Waals surface area contributed by atoms with Crippen LogP contribution in [0.15, 0.2) is 41.4 Å². The zero-order valence-corrected chi connectivity index (χ0v) is 16.5. The fourth-order valence-electron chi connectivity index (χ4n) is 3.88. The summed E-state index contributed by atoms with van der Waals surface area (Å²) >= 11 is 0. The van der Waals surface area contributed by atoms with E-state index < -0.39 is 11.7 Å². The molecule has 2 aromatic rings. The number of rotatable bonds is 4. The summed E-state index contributed by atoms with van der Waals surface area (Å²) in [6.45, 7) is 7.73. The van der Waals surface area contributed by atoms with E-state index in [1.54, 1.807) is 18.2 Å². The van der Waals surface area contributed by atoms with Crippen LogP contribution in [0.2, 0.25) is 0 Å². The first-order valence-electron chi connectivity index (χ1n) is 9.85. The first-order valence-corrected chi connectivity index (χ1v) is 9.85. The van der Waals surface area contributed by atoms with E-state index in [-0.39, 0.29) is 11.7 Å². The van der Waals surface area contributed by atoms with E-state index in [0.29, 0.717) is 28.7 Å². The number of nitrogens with one attached hydrogen (secondary N) is 1. The second-order valence-electron chi connectivity index (χ2n) is 7.73. The highest BCUT2D eigenvalue weighted by atomic mass is 19.1. The van der Waals surface area contributed by atoms with Crippen LogP contribution in [0, 0.1) is 11.6 Å². The van der Waals surface area contributed by atoms with Crippen molar-refractivity contribution in [1.29, 1.82) is 0 Å². The van der Waals surface area contributed by atoms with Gasteiger partial charge >= 0.3 is 0 Å². The van der Waals surface area contributed by atoms with E-state index in [1.807, 2.05) is 0 Å². The van der Waals surface area contributed by atoms with Gasteiger partial charge < -0.3 is 10.2 Å². The lowest BCUT2D eigenvalue weighted by atomic mass is 10.0. The summed E-state index contributed by atoms with van der Waals surface area (Å²) in [4.78, 5) is 20.9. The van der Waals surface area contributed by atoms with E-state index in [4.69, 9.17) is 0 Å². The first kappa shape index (κ1) is 19.5. The molecule has 1 saturated heterocycles. The molecule has 1 amide bonds. The van der Waals surface area contributed by atoms with Gasteiger partial charge in [-0.1, -0.05) is 6.07 Å². The molecular formula is C22H24F2N4O. The third kappa shape index (κ3) is 4.00. The number of aliphatic imine (C=N–C) groups is 1. The van der Waals surface area contributed by atoms with Gasteiger partial charge in [0.05, 0.1) is 11.4 Å². The molecule has 1 N–H and O–H groups in total. The van der Waals surface area contributed by atoms with Gasteiger partial charge in [0.1, 0.15) is 17.6 Å². The predicted molar refractivity (Wildman–Crippen MR) is 111 cm³/mol. The van der Waals surface area contributed by atoms with Crippen molar-refractivity contribution in [3.63, 3.8) is 0 Å². The molecular weight excluding hydrogens is 374 g/mol. The van der Waals surface area contributed by atoms with Crippen LogP contribution >= 0.6 is 0 Å². The van der Waals surface area contributed by atoms with Gasteiger partial charge in [0, 0.05) is 50.2 Å². The number of benzene rings is 2. The third-order valence-corrected chi connectivity index (χ3v) is 5.58. The number of hydrogen-bond donors (Lipinski definition) is 1. The van der Waals surface area contributed by atoms with Crippen LogP contribution in [0.5, 0.6) is 0 Å². The average molecular weight is 398 g/mol. The van der Waals surface area contributed by atoms with Crippen molar-refractivity contribution in [2.75, 3.05) is 36.4 Å². The van der Waals surface area contributed by atoms with Crippen LogP contribution in [0.25, 0.3) is 0 Å². The maximum absolute atomic E-state index is 14.7. The maximum Gasteiger partial charge on any atom is 0.237 e. The minimum Gasteiger partial charge on any atom is -0.367 e. The number of hydrogen-bond acceptors (Lipinski definition) is 4. The number of nitrogens with zero attached hydrogens (tertiary/aromatic N) is 3. The number of carbonyl (C=O) groups excluding carboxylic acids is 1. The molecule has 0 saturated carbocycles. The van der Waals surface area contributed by atoms with Crippen molar-refractivity contribution >= 4 is 29.2 Å². The predicted octanol–water partition coefficient (Wildman–Crippen LogP) is 3.93. The molecule has 152 valence electrons. The van der Waals surface area contributed by atoms with Gasteiger partial charge in [0.25, 0.3) is 0 Å². The van der Waals surface area contributed by atoms with Crippen LogP contribution in [-0.4, -0.2) is 49.2 Å². The van der Waals surface area contributed by atoms with Crippen molar-refractivity contribution < 1.29 is 13.6 Å². The van der Waals surface area contributed by atoms with Gasteiger partial charge in [-0.05, 0) is 43.7 Å². The highest BCUT2D eigenvalue weighted by molar-refractivity contribution is 6.12. The molecule has 1 fully saturated rings. The molecule has 0 bridgehead atoms. The first-order chi connectivity index (χ1) is 13.9. The molecule has 7 heteroatoms. The van der Waals surface area contributed by atoms with Crippen molar-refractivity contribution in [2.24, 2.45) is 4.99 Å². The quantitative estimate of drug-likeness (QED) is 0.794. The minimum absolute atomic E-state index is 0.269. The van der Waals surface area contributed by atoms with Gasteiger partial charge in [-0.25, -0.2) is 8.78 Å². The van der Waals surface area contributed by atoms with Crippen LogP contribution in [0.1, 0.15) is 25.3 Å². The summed E-state index contributed by atoms with van der Waals surface area (Å²) in [5.41, 5.74) is 2.14. The molecule has 1 unspecified atom stereocenters. The Kier molecular flexibility index (Phi) is 5.32. The summed E-state index contributed by atoms with van der Waals surface area (Å²) in [7, 11) is 0. The number of halogens is 2. The number of anilines is 2. The Hall–Kier alpha value is -2.80. The lowest BCUT2D eigenvalue weighted by Crippen LogP contribution is -2.49. The molecule has 2 aliphatic rings. The molecule has 2 aromatic carbocycles. The molecule has 0 radical (unpaired) electrons. The standard InChI is InChI=1S/C22H24F2N4O/c1-14(2)27-7-9-28(10-8-27)21-6-4-16(12-19(21)24)25-13-18-17-5-3-15(23)11-20(17)26-22(18)29/h3-6,11-14,18H,7-10H2,1-2H3,(H,26,29). The Morgan fingerprint density at radius 3 is 2.55 bits per heavy atom. The van der Waals surface area contributed by atoms with Gasteiger partial charge in [0.2, 0.25) is 5.91 Å². The Morgan fingerprint density at radius 2 is 1.86 bits per heavy atom. The largest absolute Gasteiger partial charge is 0.367 e. The lowest BCUT2D eigenvalue weighted by Gasteiger charge is -2.38. The molecule has 0 aliphatic carbocycles. The molecule has 29 heavy (non-hydrogen) atoms. The highest BCUT2D eigenvalue weighted by Gasteiger charge is 2.29. The zero-order chi connectivity index (χ0) is 20.5. The van der Waals surface area contributed by atoms with Crippen molar-refractivity contribution in [3.8, 4) is 0 Å². The van der Waals surface area contributed by atoms with Gasteiger partial charge in [0.15, 0.2) is 0 Å². The molecule has 4 rings (SSSR count). The van der Waals surface area contributed by atoms with Gasteiger partial charge in [-0.15, -0.1) is 0 Å². The SMILES string of the molecule is CC(C)N1CCN(c2ccc(N=CC3C(=O)Nc4cc(F)ccc43)cc2F)CC1. The fourth-order valence-corrected chi connectivity index (χ4v) is 3.88. The van der Waals surface area contributed by atoms with E-state index in [1.165, 1.54) is 24.4 Å². The van der Waals surface area contributed by atoms with Crippen LogP contribution in [-0.2, 0) is 4.79 Å². The normalized spacial score (nSPS) is 19.8. The molecule has 2 heterocycles. The van der Waals surface area contributed by atoms with Crippen molar-refractivity contribution in [1.82, 2.24) is 4.90 Å². The van der Waals surface area contributed by atoms with Crippen molar-refractivity contribution in [3.05, 3.63) is 53.6 Å². The topological polar surface area (TPSA) is 47.9 Å². The fraction of sp³-hybridized carbons (Fsp3) is 0.364. The van der Waals surface area contributed by atoms with Crippen molar-refractivity contribution in [2.45, 2.75) is 25.8 Å². The number of amides is 1. The average Bonchev–Trinajstić information content (AvgIpc) is 3.00. The number of carbonyl (C=O) groups is 1. The second-order valence-corrected chi connectivity index (χ2v) is 7.73. The Balaban J connectivity index is 1.47. The lowest BCUT2D eigenvalue weighted by molar-refractivity contribution is -0.115. The Bertz CT molecular complexity index is 952. The second kappa shape index (κ2) is 7.91. The summed E-state index contributed by atoms with van der Waals surface area (Å²) in [5.74, 6) is -1.61. The number of fused-ring (bicyclic) bond motifs is 1. The third-order valence-electron chi connectivity index (χ3n) is 5.58. The molecule has 0 spiro atoms. The van der Waals surface area contributed by atoms with Crippen LogP contribution < -0.4 is 10.2 Å². The van der Waals surface area contributed by atoms with E-state index in [2.05, 4.69) is 34.0 Å². The van der Waals surface area contributed by atoms with Crippen LogP contribution in [0.3, 0.4) is 0 Å². The molecule has 1 atom stereocenters. The smallest absolute Gasteiger partial charge is 0.237 e. The summed E-state index contributed by atoms with van der Waals surface area (Å²) < 4.78 is 28.0. The van der Waals surface area contributed by atoms with Gasteiger partial charge in [-0.3, -0.25) is 14.7 Å². The zero-order valence-electron chi connectivity index (χ0n) is 16.5. The van der Waals surface area contributed by atoms with Gasteiger partial charge in [-0.2, -0.15) is 0 Å². The highest BCUT2D eigenvalue weighted by Crippen LogP contribution is 2.33. The Morgan fingerprint density at radius 1 is 1.10 bits per heavy atom. The van der Waals surface area contributed by atoms with E-state index in [9.17, 15) is 13.6 Å². The number of piperazine rings is 1. The maximum atomic E-state index is 14.7. The summed E-state index contributed by atoms with van der Waals surface area (Å²) in [6, 6.07) is 9.54. The molecule has 2 aliphatic heterocycles. The molecule has 5 nitrogen and oxygen atoms in total. The molecule has 0 aromatic heterocycles. The van der Waals surface area contributed by atoms with E-state index >= 15 is 0 Å². The van der Waals surface area contributed by atoms with Crippen LogP contribution in [0.4, 0.5) is 25.8 Å². The Labute approximate surface area is 169 Å². The summed E-state index contributed by atoms with van der Waals surface area (Å²) in [6.07, 6.45) is 1.48.